The fourth-order valence-electron chi connectivity index (χ4n) is 1.75. The molecule has 1 amide bonds. The van der Waals surface area contributed by atoms with Crippen molar-refractivity contribution in [3.63, 3.8) is 0 Å². The van der Waals surface area contributed by atoms with Crippen LogP contribution in [0.3, 0.4) is 0 Å². The van der Waals surface area contributed by atoms with E-state index in [0.29, 0.717) is 17.7 Å². The monoisotopic (exact) mass is 250 g/mol. The lowest BCUT2D eigenvalue weighted by molar-refractivity contribution is -0.119. The largest absolute Gasteiger partial charge is 0.478 e. The normalized spacial score (nSPS) is 11.9. The molecule has 5 nitrogen and oxygen atoms in total. The van der Waals surface area contributed by atoms with E-state index in [1.807, 2.05) is 6.92 Å². The van der Waals surface area contributed by atoms with Crippen molar-refractivity contribution >= 4 is 17.6 Å². The smallest absolute Gasteiger partial charge is 0.338 e. The second-order valence-corrected chi connectivity index (χ2v) is 4.13. The molecule has 0 heterocycles. The lowest BCUT2D eigenvalue weighted by Gasteiger charge is -2.15. The molecule has 1 unspecified atom stereocenters. The molecule has 0 saturated heterocycles. The van der Waals surface area contributed by atoms with Crippen LogP contribution in [0.4, 0.5) is 5.69 Å². The molecule has 0 aliphatic carbocycles. The molecule has 18 heavy (non-hydrogen) atoms. The first-order chi connectivity index (χ1) is 8.51. The van der Waals surface area contributed by atoms with Crippen LogP contribution in [0.25, 0.3) is 0 Å². The Hall–Kier alpha value is -1.88. The van der Waals surface area contributed by atoms with Gasteiger partial charge in [0.2, 0.25) is 5.91 Å². The number of rotatable bonds is 5. The van der Waals surface area contributed by atoms with Crippen LogP contribution in [0.2, 0.25) is 0 Å². The SMILES string of the molecule is CCC(CN)C(=O)Nc1cccc(C)c1C(=O)O. The molecule has 1 rings (SSSR count). The average Bonchev–Trinajstić information content (AvgIpc) is 2.30. The van der Waals surface area contributed by atoms with Gasteiger partial charge in [0.15, 0.2) is 0 Å². The molecule has 98 valence electrons. The number of carboxylic acids is 1. The highest BCUT2D eigenvalue weighted by molar-refractivity contribution is 6.02. The van der Waals surface area contributed by atoms with Crippen LogP contribution in [0.1, 0.15) is 29.3 Å². The van der Waals surface area contributed by atoms with E-state index in [4.69, 9.17) is 10.8 Å². The van der Waals surface area contributed by atoms with Crippen molar-refractivity contribution < 1.29 is 14.7 Å². The Morgan fingerprint density at radius 3 is 2.61 bits per heavy atom. The van der Waals surface area contributed by atoms with Crippen LogP contribution in [-0.2, 0) is 4.79 Å². The fraction of sp³-hybridized carbons (Fsp3) is 0.385. The molecular weight excluding hydrogens is 232 g/mol. The summed E-state index contributed by atoms with van der Waals surface area (Å²) in [6, 6.07) is 4.98. The van der Waals surface area contributed by atoms with Gasteiger partial charge in [0.05, 0.1) is 17.2 Å². The Balaban J connectivity index is 3.01. The van der Waals surface area contributed by atoms with Crippen molar-refractivity contribution in [3.05, 3.63) is 29.3 Å². The summed E-state index contributed by atoms with van der Waals surface area (Å²) in [6.07, 6.45) is 0.622. The van der Waals surface area contributed by atoms with E-state index in [2.05, 4.69) is 5.32 Å². The molecule has 0 fully saturated rings. The summed E-state index contributed by atoms with van der Waals surface area (Å²) in [5.74, 6) is -1.59. The van der Waals surface area contributed by atoms with Crippen molar-refractivity contribution in [2.24, 2.45) is 11.7 Å². The summed E-state index contributed by atoms with van der Waals surface area (Å²) >= 11 is 0. The highest BCUT2D eigenvalue weighted by Gasteiger charge is 2.18. The number of carbonyl (C=O) groups excluding carboxylic acids is 1. The molecule has 0 bridgehead atoms. The third-order valence-corrected chi connectivity index (χ3v) is 2.89. The van der Waals surface area contributed by atoms with Gasteiger partial charge in [0.1, 0.15) is 0 Å². The fourth-order valence-corrected chi connectivity index (χ4v) is 1.75. The highest BCUT2D eigenvalue weighted by Crippen LogP contribution is 2.20. The summed E-state index contributed by atoms with van der Waals surface area (Å²) in [5.41, 5.74) is 6.54. The summed E-state index contributed by atoms with van der Waals surface area (Å²) in [5, 5.41) is 11.8. The lowest BCUT2D eigenvalue weighted by Crippen LogP contribution is -2.29. The van der Waals surface area contributed by atoms with Gasteiger partial charge in [-0.3, -0.25) is 4.79 Å². The van der Waals surface area contributed by atoms with Crippen molar-refractivity contribution in [1.82, 2.24) is 0 Å². The van der Waals surface area contributed by atoms with Crippen LogP contribution < -0.4 is 11.1 Å². The van der Waals surface area contributed by atoms with E-state index in [-0.39, 0.29) is 23.9 Å². The number of benzene rings is 1. The number of carbonyl (C=O) groups is 2. The Morgan fingerprint density at radius 1 is 1.44 bits per heavy atom. The topological polar surface area (TPSA) is 92.4 Å². The molecule has 1 atom stereocenters. The van der Waals surface area contributed by atoms with Gasteiger partial charge >= 0.3 is 5.97 Å². The van der Waals surface area contributed by atoms with Crippen molar-refractivity contribution in [2.45, 2.75) is 20.3 Å². The van der Waals surface area contributed by atoms with E-state index in [9.17, 15) is 9.59 Å². The van der Waals surface area contributed by atoms with E-state index in [0.717, 1.165) is 0 Å². The number of aromatic carboxylic acids is 1. The van der Waals surface area contributed by atoms with Crippen LogP contribution in [-0.4, -0.2) is 23.5 Å². The van der Waals surface area contributed by atoms with E-state index >= 15 is 0 Å². The zero-order chi connectivity index (χ0) is 13.7. The second-order valence-electron chi connectivity index (χ2n) is 4.13. The minimum absolute atomic E-state index is 0.123. The summed E-state index contributed by atoms with van der Waals surface area (Å²) in [7, 11) is 0. The predicted octanol–water partition coefficient (Wildman–Crippen LogP) is 1.62. The van der Waals surface area contributed by atoms with Crippen molar-refractivity contribution in [1.29, 1.82) is 0 Å². The van der Waals surface area contributed by atoms with Crippen LogP contribution in [0.15, 0.2) is 18.2 Å². The Labute approximate surface area is 106 Å². The van der Waals surface area contributed by atoms with Gasteiger partial charge in [0, 0.05) is 6.54 Å². The number of anilines is 1. The number of hydrogen-bond acceptors (Lipinski definition) is 3. The third kappa shape index (κ3) is 3.07. The zero-order valence-electron chi connectivity index (χ0n) is 10.6. The molecule has 1 aromatic carbocycles. The van der Waals surface area contributed by atoms with Crippen LogP contribution in [0, 0.1) is 12.8 Å². The van der Waals surface area contributed by atoms with Gasteiger partial charge in [-0.15, -0.1) is 0 Å². The maximum absolute atomic E-state index is 11.9. The summed E-state index contributed by atoms with van der Waals surface area (Å²) in [6.45, 7) is 3.81. The molecule has 0 radical (unpaired) electrons. The molecule has 5 heteroatoms. The first-order valence-electron chi connectivity index (χ1n) is 5.85. The maximum Gasteiger partial charge on any atom is 0.338 e. The molecule has 0 saturated carbocycles. The Bertz CT molecular complexity index is 454. The van der Waals surface area contributed by atoms with Gasteiger partial charge in [-0.25, -0.2) is 4.79 Å². The lowest BCUT2D eigenvalue weighted by atomic mass is 10.0. The second kappa shape index (κ2) is 6.16. The van der Waals surface area contributed by atoms with Crippen LogP contribution >= 0.6 is 0 Å². The third-order valence-electron chi connectivity index (χ3n) is 2.89. The Morgan fingerprint density at radius 2 is 2.11 bits per heavy atom. The minimum Gasteiger partial charge on any atom is -0.478 e. The van der Waals surface area contributed by atoms with Gasteiger partial charge in [-0.2, -0.15) is 0 Å². The Kier molecular flexibility index (Phi) is 4.85. The molecule has 4 N–H and O–H groups in total. The molecule has 0 aromatic heterocycles. The highest BCUT2D eigenvalue weighted by atomic mass is 16.4. The van der Waals surface area contributed by atoms with Crippen LogP contribution in [0.5, 0.6) is 0 Å². The van der Waals surface area contributed by atoms with Gasteiger partial charge in [0.25, 0.3) is 0 Å². The predicted molar refractivity (Wildman–Crippen MR) is 69.6 cm³/mol. The number of nitrogens with two attached hydrogens (primary N) is 1. The number of hydrogen-bond donors (Lipinski definition) is 3. The van der Waals surface area contributed by atoms with E-state index in [1.54, 1.807) is 25.1 Å². The summed E-state index contributed by atoms with van der Waals surface area (Å²) < 4.78 is 0. The van der Waals surface area contributed by atoms with Crippen molar-refractivity contribution in [3.8, 4) is 0 Å². The molecule has 0 aliphatic heterocycles. The quantitative estimate of drug-likeness (QED) is 0.740. The van der Waals surface area contributed by atoms with Gasteiger partial charge in [-0.1, -0.05) is 19.1 Å². The molecule has 0 aliphatic rings. The number of nitrogens with one attached hydrogen (secondary N) is 1. The van der Waals surface area contributed by atoms with Crippen molar-refractivity contribution in [2.75, 3.05) is 11.9 Å². The molecule has 0 spiro atoms. The zero-order valence-corrected chi connectivity index (χ0v) is 10.6. The maximum atomic E-state index is 11.9. The van der Waals surface area contributed by atoms with E-state index < -0.39 is 5.97 Å². The first-order valence-corrected chi connectivity index (χ1v) is 5.85. The first kappa shape index (κ1) is 14.2. The average molecular weight is 250 g/mol. The van der Waals surface area contributed by atoms with E-state index in [1.165, 1.54) is 0 Å². The molecular formula is C13H18N2O3. The summed E-state index contributed by atoms with van der Waals surface area (Å²) in [4.78, 5) is 23.0. The van der Waals surface area contributed by atoms with Gasteiger partial charge in [-0.05, 0) is 25.0 Å². The minimum atomic E-state index is -1.05. The molecule has 1 aromatic rings. The number of carboxylic acid groups (broad SMARTS) is 1. The number of amides is 1. The van der Waals surface area contributed by atoms with Gasteiger partial charge < -0.3 is 16.2 Å². The number of aryl methyl sites for hydroxylation is 1. The standard InChI is InChI=1S/C13H18N2O3/c1-3-9(7-14)12(16)15-10-6-4-5-8(2)11(10)13(17)18/h4-6,9H,3,7,14H2,1-2H3,(H,15,16)(H,17,18).